The molecule has 0 saturated carbocycles. The second-order valence-electron chi connectivity index (χ2n) is 6.19. The van der Waals surface area contributed by atoms with Crippen LogP contribution in [-0.4, -0.2) is 20.7 Å². The van der Waals surface area contributed by atoms with E-state index in [9.17, 15) is 9.18 Å². The number of aromatic nitrogens is 3. The molecule has 1 aromatic heterocycles. The predicted molar refractivity (Wildman–Crippen MR) is 106 cm³/mol. The number of carbonyl (C=O) groups excluding carboxylic acids is 1. The Labute approximate surface area is 170 Å². The van der Waals surface area contributed by atoms with Crippen LogP contribution in [0.25, 0.3) is 0 Å². The van der Waals surface area contributed by atoms with Crippen LogP contribution in [0.5, 0.6) is 0 Å². The summed E-state index contributed by atoms with van der Waals surface area (Å²) in [5.74, 6) is -0.485. The average Bonchev–Trinajstić information content (AvgIpc) is 3.12. The number of rotatable bonds is 3. The van der Waals surface area contributed by atoms with Crippen LogP contribution in [0.3, 0.4) is 0 Å². The zero-order valence-corrected chi connectivity index (χ0v) is 16.1. The number of halogens is 3. The summed E-state index contributed by atoms with van der Waals surface area (Å²) >= 11 is 12.2. The third-order valence-electron chi connectivity index (χ3n) is 4.42. The van der Waals surface area contributed by atoms with Gasteiger partial charge in [0.2, 0.25) is 5.95 Å². The van der Waals surface area contributed by atoms with Crippen molar-refractivity contribution in [1.29, 1.82) is 0 Å². The summed E-state index contributed by atoms with van der Waals surface area (Å²) in [5.41, 5.74) is 1.48. The van der Waals surface area contributed by atoms with Gasteiger partial charge in [-0.2, -0.15) is 10.1 Å². The van der Waals surface area contributed by atoms with E-state index >= 15 is 0 Å². The first-order chi connectivity index (χ1) is 13.5. The highest BCUT2D eigenvalue weighted by atomic mass is 35.5. The monoisotopic (exact) mass is 417 g/mol. The molecule has 4 rings (SSSR count). The maximum absolute atomic E-state index is 14.6. The number of amides is 1. The van der Waals surface area contributed by atoms with Gasteiger partial charge in [0, 0.05) is 16.3 Å². The normalized spacial score (nSPS) is 15.8. The number of carbonyl (C=O) groups is 1. The molecule has 0 bridgehead atoms. The molecule has 2 heterocycles. The van der Waals surface area contributed by atoms with E-state index in [1.54, 1.807) is 43.3 Å². The molecule has 1 atom stereocenters. The van der Waals surface area contributed by atoms with Gasteiger partial charge < -0.3 is 10.6 Å². The van der Waals surface area contributed by atoms with Crippen molar-refractivity contribution in [3.8, 4) is 0 Å². The topological polar surface area (TPSA) is 71.8 Å². The third kappa shape index (κ3) is 3.23. The molecule has 2 N–H and O–H groups in total. The van der Waals surface area contributed by atoms with Crippen molar-refractivity contribution in [2.24, 2.45) is 0 Å². The average molecular weight is 418 g/mol. The number of benzene rings is 2. The Morgan fingerprint density at radius 1 is 1.25 bits per heavy atom. The van der Waals surface area contributed by atoms with Crippen LogP contribution in [0.2, 0.25) is 10.0 Å². The number of hydrogen-bond acceptors (Lipinski definition) is 4. The molecule has 2 aromatic carbocycles. The largest absolute Gasteiger partial charge is 0.328 e. The number of anilines is 2. The van der Waals surface area contributed by atoms with Crippen molar-refractivity contribution in [3.05, 3.63) is 81.5 Å². The molecular weight excluding hydrogens is 404 g/mol. The van der Waals surface area contributed by atoms with Crippen molar-refractivity contribution < 1.29 is 9.18 Å². The fourth-order valence-corrected chi connectivity index (χ4v) is 3.49. The van der Waals surface area contributed by atoms with E-state index in [-0.39, 0.29) is 0 Å². The second kappa shape index (κ2) is 7.26. The minimum atomic E-state index is -0.794. The Balaban J connectivity index is 1.80. The lowest BCUT2D eigenvalue weighted by atomic mass is 9.94. The van der Waals surface area contributed by atoms with E-state index in [0.29, 0.717) is 38.5 Å². The molecule has 1 aliphatic rings. The molecule has 28 heavy (non-hydrogen) atoms. The molecule has 142 valence electrons. The maximum atomic E-state index is 14.6. The predicted octanol–water partition coefficient (Wildman–Crippen LogP) is 4.65. The highest BCUT2D eigenvalue weighted by Crippen LogP contribution is 2.36. The summed E-state index contributed by atoms with van der Waals surface area (Å²) in [6.07, 6.45) is 1.35. The lowest BCUT2D eigenvalue weighted by molar-refractivity contribution is -0.113. The Bertz CT molecular complexity index is 1110. The molecule has 0 spiro atoms. The lowest BCUT2D eigenvalue weighted by Crippen LogP contribution is -2.32. The molecule has 1 amide bonds. The fourth-order valence-electron chi connectivity index (χ4n) is 3.15. The van der Waals surface area contributed by atoms with Crippen LogP contribution >= 0.6 is 23.2 Å². The van der Waals surface area contributed by atoms with Gasteiger partial charge in [-0.05, 0) is 31.2 Å². The molecule has 3 aromatic rings. The highest BCUT2D eigenvalue weighted by molar-refractivity contribution is 6.35. The molecule has 9 heteroatoms. The smallest absolute Gasteiger partial charge is 0.255 e. The van der Waals surface area contributed by atoms with Crippen LogP contribution in [0, 0.1) is 5.82 Å². The van der Waals surface area contributed by atoms with Crippen LogP contribution < -0.4 is 10.6 Å². The van der Waals surface area contributed by atoms with Gasteiger partial charge in [-0.15, -0.1) is 0 Å². The lowest BCUT2D eigenvalue weighted by Gasteiger charge is -2.29. The standard InChI is InChI=1S/C19H14Cl2FN5O/c1-10-16(18(28)26-15-8-11(20)6-7-13(15)21)17(12-4-2-3-5-14(12)22)27-19(25-10)23-9-24-27/h2-9,17H,1H3,(H,26,28)(H,23,24,25)/t17-/m0/s1. The van der Waals surface area contributed by atoms with Gasteiger partial charge in [0.1, 0.15) is 18.2 Å². The zero-order chi connectivity index (χ0) is 19.8. The molecule has 1 aliphatic heterocycles. The van der Waals surface area contributed by atoms with E-state index in [1.165, 1.54) is 17.1 Å². The molecular formula is C19H14Cl2FN5O. The summed E-state index contributed by atoms with van der Waals surface area (Å²) in [5, 5.41) is 10.7. The Morgan fingerprint density at radius 3 is 2.82 bits per heavy atom. The van der Waals surface area contributed by atoms with Gasteiger partial charge >= 0.3 is 0 Å². The van der Waals surface area contributed by atoms with Crippen molar-refractivity contribution in [3.63, 3.8) is 0 Å². The summed E-state index contributed by atoms with van der Waals surface area (Å²) in [7, 11) is 0. The van der Waals surface area contributed by atoms with Crippen LogP contribution in [-0.2, 0) is 4.79 Å². The molecule has 0 radical (unpaired) electrons. The molecule has 0 aliphatic carbocycles. The number of allylic oxidation sites excluding steroid dienone is 1. The maximum Gasteiger partial charge on any atom is 0.255 e. The van der Waals surface area contributed by atoms with E-state index in [2.05, 4.69) is 20.7 Å². The van der Waals surface area contributed by atoms with Crippen molar-refractivity contribution in [2.45, 2.75) is 13.0 Å². The van der Waals surface area contributed by atoms with Gasteiger partial charge in [-0.25, -0.2) is 9.07 Å². The SMILES string of the molecule is CC1=C(C(=O)Nc2cc(Cl)ccc2Cl)[C@H](c2ccccc2F)n2ncnc2N1. The summed E-state index contributed by atoms with van der Waals surface area (Å²) in [6.45, 7) is 1.72. The Hall–Kier alpha value is -2.90. The zero-order valence-electron chi connectivity index (χ0n) is 14.6. The van der Waals surface area contributed by atoms with Gasteiger partial charge in [0.25, 0.3) is 5.91 Å². The summed E-state index contributed by atoms with van der Waals surface area (Å²) in [4.78, 5) is 17.3. The number of hydrogen-bond donors (Lipinski definition) is 2. The number of nitrogens with zero attached hydrogens (tertiary/aromatic N) is 3. The number of fused-ring (bicyclic) bond motifs is 1. The molecule has 0 saturated heterocycles. The fraction of sp³-hybridized carbons (Fsp3) is 0.105. The first-order valence-corrected chi connectivity index (χ1v) is 9.09. The molecule has 0 fully saturated rings. The van der Waals surface area contributed by atoms with Gasteiger partial charge in [0.15, 0.2) is 0 Å². The van der Waals surface area contributed by atoms with Crippen molar-refractivity contribution >= 4 is 40.7 Å². The minimum Gasteiger partial charge on any atom is -0.328 e. The number of nitrogens with one attached hydrogen (secondary N) is 2. The minimum absolute atomic E-state index is 0.291. The van der Waals surface area contributed by atoms with Gasteiger partial charge in [-0.3, -0.25) is 4.79 Å². The summed E-state index contributed by atoms with van der Waals surface area (Å²) in [6, 6.07) is 10.2. The van der Waals surface area contributed by atoms with E-state index in [1.807, 2.05) is 0 Å². The first kappa shape index (κ1) is 18.5. The van der Waals surface area contributed by atoms with Crippen molar-refractivity contribution in [1.82, 2.24) is 14.8 Å². The first-order valence-electron chi connectivity index (χ1n) is 8.34. The summed E-state index contributed by atoms with van der Waals surface area (Å²) < 4.78 is 16.1. The van der Waals surface area contributed by atoms with Crippen molar-refractivity contribution in [2.75, 3.05) is 10.6 Å². The quantitative estimate of drug-likeness (QED) is 0.650. The van der Waals surface area contributed by atoms with Gasteiger partial charge in [0.05, 0.1) is 16.3 Å². The molecule has 0 unspecified atom stereocenters. The van der Waals surface area contributed by atoms with Gasteiger partial charge in [-0.1, -0.05) is 41.4 Å². The van der Waals surface area contributed by atoms with E-state index in [0.717, 1.165) is 0 Å². The third-order valence-corrected chi connectivity index (χ3v) is 4.98. The Morgan fingerprint density at radius 2 is 2.04 bits per heavy atom. The second-order valence-corrected chi connectivity index (χ2v) is 7.04. The van der Waals surface area contributed by atoms with Crippen LogP contribution in [0.1, 0.15) is 18.5 Å². The van der Waals surface area contributed by atoms with E-state index in [4.69, 9.17) is 23.2 Å². The van der Waals surface area contributed by atoms with Crippen LogP contribution in [0.4, 0.5) is 16.0 Å². The Kier molecular flexibility index (Phi) is 4.78. The van der Waals surface area contributed by atoms with E-state index < -0.39 is 17.8 Å². The highest BCUT2D eigenvalue weighted by Gasteiger charge is 2.35. The van der Waals surface area contributed by atoms with Crippen LogP contribution in [0.15, 0.2) is 60.1 Å². The molecule has 6 nitrogen and oxygen atoms in total.